The van der Waals surface area contributed by atoms with Crippen molar-refractivity contribution >= 4 is 11.7 Å². The molecule has 2 N–H and O–H groups in total. The summed E-state index contributed by atoms with van der Waals surface area (Å²) < 4.78 is 19.7. The molecule has 3 rings (SSSR count). The van der Waals surface area contributed by atoms with Crippen molar-refractivity contribution in [3.8, 4) is 16.9 Å². The molecule has 0 unspecified atom stereocenters. The van der Waals surface area contributed by atoms with Gasteiger partial charge in [0, 0.05) is 43.9 Å². The number of methoxy groups -OCH3 is 1. The molecule has 6 heteroatoms. The van der Waals surface area contributed by atoms with Crippen LogP contribution in [-0.4, -0.2) is 42.5 Å². The fraction of sp³-hybridized carbons (Fsp3) is 0.381. The third kappa shape index (κ3) is 3.90. The molecule has 0 aliphatic carbocycles. The number of carbonyl (C=O) groups is 1. The van der Waals surface area contributed by atoms with Gasteiger partial charge in [0.25, 0.3) is 0 Å². The van der Waals surface area contributed by atoms with Crippen LogP contribution >= 0.6 is 0 Å². The SMILES string of the molecule is COC1CN(c2cc(C)c(-c3cc(C)c(F)c(CCC(=O)O)c3)c(O)c2)C1. The van der Waals surface area contributed by atoms with Gasteiger partial charge in [-0.2, -0.15) is 0 Å². The number of ether oxygens (including phenoxy) is 1. The molecule has 0 saturated carbocycles. The number of halogens is 1. The summed E-state index contributed by atoms with van der Waals surface area (Å²) in [5.41, 5.74) is 3.91. The molecule has 0 atom stereocenters. The lowest BCUT2D eigenvalue weighted by Crippen LogP contribution is -2.51. The van der Waals surface area contributed by atoms with E-state index in [1.54, 1.807) is 32.2 Å². The standard InChI is InChI=1S/C21H24FNO4/c1-12-7-16(23-10-17(11-23)27-3)9-18(24)20(12)15-6-13(2)21(22)14(8-15)4-5-19(25)26/h6-9,17,24H,4-5,10-11H2,1-3H3,(H,25,26). The predicted molar refractivity (Wildman–Crippen MR) is 102 cm³/mol. The molecule has 0 aromatic heterocycles. The summed E-state index contributed by atoms with van der Waals surface area (Å²) in [5.74, 6) is -1.23. The van der Waals surface area contributed by atoms with Gasteiger partial charge in [0.15, 0.2) is 0 Å². The maximum absolute atomic E-state index is 14.4. The number of nitrogens with zero attached hydrogens (tertiary/aromatic N) is 1. The average Bonchev–Trinajstić information content (AvgIpc) is 2.55. The van der Waals surface area contributed by atoms with Crippen LogP contribution in [0.1, 0.15) is 23.1 Å². The number of anilines is 1. The highest BCUT2D eigenvalue weighted by Crippen LogP contribution is 2.38. The lowest BCUT2D eigenvalue weighted by Gasteiger charge is -2.40. The van der Waals surface area contributed by atoms with Gasteiger partial charge in [0.05, 0.1) is 6.10 Å². The van der Waals surface area contributed by atoms with Crippen molar-refractivity contribution in [3.63, 3.8) is 0 Å². The minimum atomic E-state index is -0.968. The fourth-order valence-corrected chi connectivity index (χ4v) is 3.52. The zero-order valence-corrected chi connectivity index (χ0v) is 15.8. The fourth-order valence-electron chi connectivity index (χ4n) is 3.52. The van der Waals surface area contributed by atoms with Crippen LogP contribution < -0.4 is 4.90 Å². The topological polar surface area (TPSA) is 70.0 Å². The molecule has 1 aliphatic heterocycles. The van der Waals surface area contributed by atoms with E-state index in [-0.39, 0.29) is 30.5 Å². The van der Waals surface area contributed by atoms with Gasteiger partial charge in [0.1, 0.15) is 11.6 Å². The maximum atomic E-state index is 14.4. The number of hydrogen-bond acceptors (Lipinski definition) is 4. The van der Waals surface area contributed by atoms with Crippen molar-refractivity contribution < 1.29 is 24.1 Å². The van der Waals surface area contributed by atoms with E-state index in [0.29, 0.717) is 22.3 Å². The summed E-state index contributed by atoms with van der Waals surface area (Å²) in [6.07, 6.45) is 0.183. The first-order chi connectivity index (χ1) is 12.8. The van der Waals surface area contributed by atoms with Gasteiger partial charge in [-0.3, -0.25) is 4.79 Å². The van der Waals surface area contributed by atoms with Gasteiger partial charge >= 0.3 is 5.97 Å². The molecule has 2 aromatic rings. The van der Waals surface area contributed by atoms with Crippen molar-refractivity contribution in [2.24, 2.45) is 0 Å². The molecule has 1 fully saturated rings. The zero-order chi connectivity index (χ0) is 19.7. The van der Waals surface area contributed by atoms with Crippen molar-refractivity contribution in [2.75, 3.05) is 25.1 Å². The molecule has 5 nitrogen and oxygen atoms in total. The highest BCUT2D eigenvalue weighted by Gasteiger charge is 2.27. The van der Waals surface area contributed by atoms with Crippen LogP contribution in [0.5, 0.6) is 5.75 Å². The van der Waals surface area contributed by atoms with Crippen LogP contribution in [0.3, 0.4) is 0 Å². The second kappa shape index (κ2) is 7.56. The molecule has 1 heterocycles. The van der Waals surface area contributed by atoms with Gasteiger partial charge in [-0.15, -0.1) is 0 Å². The number of aryl methyl sites for hydroxylation is 3. The zero-order valence-electron chi connectivity index (χ0n) is 15.8. The van der Waals surface area contributed by atoms with E-state index in [9.17, 15) is 14.3 Å². The van der Waals surface area contributed by atoms with E-state index in [4.69, 9.17) is 9.84 Å². The maximum Gasteiger partial charge on any atom is 0.303 e. The van der Waals surface area contributed by atoms with E-state index in [2.05, 4.69) is 4.90 Å². The summed E-state index contributed by atoms with van der Waals surface area (Å²) >= 11 is 0. The van der Waals surface area contributed by atoms with E-state index in [1.807, 2.05) is 13.0 Å². The quantitative estimate of drug-likeness (QED) is 0.809. The minimum Gasteiger partial charge on any atom is -0.507 e. The third-order valence-corrected chi connectivity index (χ3v) is 5.07. The third-order valence-electron chi connectivity index (χ3n) is 5.07. The molecule has 2 aromatic carbocycles. The molecule has 27 heavy (non-hydrogen) atoms. The summed E-state index contributed by atoms with van der Waals surface area (Å²) in [4.78, 5) is 13.0. The smallest absolute Gasteiger partial charge is 0.303 e. The number of phenols is 1. The molecule has 1 aliphatic rings. The Bertz CT molecular complexity index is 852. The number of benzene rings is 2. The Labute approximate surface area is 158 Å². The van der Waals surface area contributed by atoms with Crippen LogP contribution in [0.4, 0.5) is 10.1 Å². The summed E-state index contributed by atoms with van der Waals surface area (Å²) in [5, 5.41) is 19.5. The second-order valence-electron chi connectivity index (χ2n) is 7.08. The Kier molecular flexibility index (Phi) is 5.37. The lowest BCUT2D eigenvalue weighted by molar-refractivity contribution is -0.136. The number of phenolic OH excluding ortho intramolecular Hbond substituents is 1. The Balaban J connectivity index is 1.95. The summed E-state index contributed by atoms with van der Waals surface area (Å²) in [6, 6.07) is 7.03. The molecule has 0 amide bonds. The van der Waals surface area contributed by atoms with Crippen LogP contribution in [0.2, 0.25) is 0 Å². The molecule has 1 saturated heterocycles. The van der Waals surface area contributed by atoms with E-state index in [1.165, 1.54) is 0 Å². The van der Waals surface area contributed by atoms with Crippen molar-refractivity contribution in [1.82, 2.24) is 0 Å². The van der Waals surface area contributed by atoms with E-state index < -0.39 is 5.97 Å². The number of hydrogen-bond donors (Lipinski definition) is 2. The highest BCUT2D eigenvalue weighted by molar-refractivity contribution is 5.78. The lowest BCUT2D eigenvalue weighted by atomic mass is 9.93. The summed E-state index contributed by atoms with van der Waals surface area (Å²) in [6.45, 7) is 5.12. The monoisotopic (exact) mass is 373 g/mol. The van der Waals surface area contributed by atoms with Crippen LogP contribution in [0.25, 0.3) is 11.1 Å². The molecule has 144 valence electrons. The van der Waals surface area contributed by atoms with Gasteiger partial charge in [-0.25, -0.2) is 4.39 Å². The number of carboxylic acids is 1. The first kappa shape index (κ1) is 19.2. The van der Waals surface area contributed by atoms with Crippen molar-refractivity contribution in [3.05, 3.63) is 46.8 Å². The Morgan fingerprint density at radius 1 is 1.22 bits per heavy atom. The molecule has 0 bridgehead atoms. The normalized spacial score (nSPS) is 14.3. The minimum absolute atomic E-state index is 0.111. The molecular weight excluding hydrogens is 349 g/mol. The molecule has 0 spiro atoms. The number of aliphatic carboxylic acids is 1. The predicted octanol–water partition coefficient (Wildman–Crippen LogP) is 3.67. The Morgan fingerprint density at radius 2 is 1.93 bits per heavy atom. The number of carboxylic acid groups (broad SMARTS) is 1. The highest BCUT2D eigenvalue weighted by atomic mass is 19.1. The Hall–Kier alpha value is -2.60. The second-order valence-corrected chi connectivity index (χ2v) is 7.08. The van der Waals surface area contributed by atoms with Crippen molar-refractivity contribution in [2.45, 2.75) is 32.8 Å². The van der Waals surface area contributed by atoms with Crippen molar-refractivity contribution in [1.29, 1.82) is 0 Å². The Morgan fingerprint density at radius 3 is 2.52 bits per heavy atom. The van der Waals surface area contributed by atoms with Crippen LogP contribution in [0.15, 0.2) is 24.3 Å². The van der Waals surface area contributed by atoms with E-state index in [0.717, 1.165) is 24.3 Å². The van der Waals surface area contributed by atoms with Gasteiger partial charge in [-0.05, 0) is 60.7 Å². The van der Waals surface area contributed by atoms with Gasteiger partial charge in [-0.1, -0.05) is 0 Å². The first-order valence-electron chi connectivity index (χ1n) is 8.92. The van der Waals surface area contributed by atoms with Crippen LogP contribution in [-0.2, 0) is 16.0 Å². The van der Waals surface area contributed by atoms with E-state index >= 15 is 0 Å². The van der Waals surface area contributed by atoms with Crippen LogP contribution in [0, 0.1) is 19.7 Å². The number of aromatic hydroxyl groups is 1. The van der Waals surface area contributed by atoms with Gasteiger partial charge < -0.3 is 19.8 Å². The molecule has 0 radical (unpaired) electrons. The average molecular weight is 373 g/mol. The summed E-state index contributed by atoms with van der Waals surface area (Å²) in [7, 11) is 1.69. The molecular formula is C21H24FNO4. The largest absolute Gasteiger partial charge is 0.507 e. The first-order valence-corrected chi connectivity index (χ1v) is 8.92. The number of rotatable bonds is 6. The van der Waals surface area contributed by atoms with Gasteiger partial charge in [0.2, 0.25) is 0 Å².